The molecule has 2 atom stereocenters. The van der Waals surface area contributed by atoms with Crippen LogP contribution in [0.3, 0.4) is 0 Å². The van der Waals surface area contributed by atoms with Crippen molar-refractivity contribution < 1.29 is 0 Å². The van der Waals surface area contributed by atoms with E-state index in [-0.39, 0.29) is 0 Å². The minimum absolute atomic E-state index is 0.465. The summed E-state index contributed by atoms with van der Waals surface area (Å²) in [6, 6.07) is 1.54. The van der Waals surface area contributed by atoms with Gasteiger partial charge in [-0.3, -0.25) is 0 Å². The predicted octanol–water partition coefficient (Wildman–Crippen LogP) is 0.346. The summed E-state index contributed by atoms with van der Waals surface area (Å²) >= 11 is 0. The molecule has 2 nitrogen and oxygen atoms in total. The van der Waals surface area contributed by atoms with Gasteiger partial charge in [0.05, 0.1) is 0 Å². The van der Waals surface area contributed by atoms with E-state index in [9.17, 15) is 0 Å². The number of nitrogens with one attached hydrogen (secondary N) is 2. The highest BCUT2D eigenvalue weighted by Crippen LogP contribution is 2.31. The van der Waals surface area contributed by atoms with Crippen LogP contribution >= 0.6 is 0 Å². The third-order valence-corrected chi connectivity index (χ3v) is 2.87. The van der Waals surface area contributed by atoms with Crippen LogP contribution in [-0.4, -0.2) is 25.2 Å². The first-order valence-corrected chi connectivity index (χ1v) is 4.15. The lowest BCUT2D eigenvalue weighted by Crippen LogP contribution is -2.58. The number of rotatable bonds is 0. The zero-order valence-electron chi connectivity index (χ0n) is 6.78. The van der Waals surface area contributed by atoms with Gasteiger partial charge in [0.2, 0.25) is 0 Å². The topological polar surface area (TPSA) is 24.1 Å². The molecule has 3 aliphatic heterocycles. The maximum absolute atomic E-state index is 3.57. The molecule has 0 saturated carbocycles. The van der Waals surface area contributed by atoms with Gasteiger partial charge in [0, 0.05) is 25.2 Å². The van der Waals surface area contributed by atoms with Crippen LogP contribution in [0.25, 0.3) is 0 Å². The maximum Gasteiger partial charge on any atom is 0.0210 e. The van der Waals surface area contributed by atoms with Crippen molar-refractivity contribution >= 4 is 0 Å². The van der Waals surface area contributed by atoms with Gasteiger partial charge in [0.1, 0.15) is 0 Å². The smallest absolute Gasteiger partial charge is 0.0210 e. The van der Waals surface area contributed by atoms with Gasteiger partial charge in [0.25, 0.3) is 0 Å². The van der Waals surface area contributed by atoms with Gasteiger partial charge in [-0.25, -0.2) is 0 Å². The minimum Gasteiger partial charge on any atom is -0.315 e. The van der Waals surface area contributed by atoms with Gasteiger partial charge in [-0.15, -0.1) is 0 Å². The Morgan fingerprint density at radius 1 is 1.40 bits per heavy atom. The van der Waals surface area contributed by atoms with Crippen molar-refractivity contribution in [3.63, 3.8) is 0 Å². The number of fused-ring (bicyclic) bond motifs is 3. The van der Waals surface area contributed by atoms with Gasteiger partial charge in [0.15, 0.2) is 0 Å². The zero-order valence-corrected chi connectivity index (χ0v) is 6.78. The average molecular weight is 140 g/mol. The van der Waals surface area contributed by atoms with Crippen molar-refractivity contribution in [1.82, 2.24) is 10.6 Å². The van der Waals surface area contributed by atoms with Crippen molar-refractivity contribution in [3.05, 3.63) is 0 Å². The third-order valence-electron chi connectivity index (χ3n) is 2.87. The van der Waals surface area contributed by atoms with Crippen molar-refractivity contribution in [2.75, 3.05) is 13.1 Å². The van der Waals surface area contributed by atoms with Crippen molar-refractivity contribution in [3.8, 4) is 0 Å². The van der Waals surface area contributed by atoms with E-state index in [0.29, 0.717) is 5.41 Å². The van der Waals surface area contributed by atoms with Gasteiger partial charge in [-0.2, -0.15) is 0 Å². The Kier molecular flexibility index (Phi) is 1.29. The van der Waals surface area contributed by atoms with Gasteiger partial charge >= 0.3 is 0 Å². The van der Waals surface area contributed by atoms with Crippen LogP contribution in [0.15, 0.2) is 0 Å². The van der Waals surface area contributed by atoms with Crippen molar-refractivity contribution in [2.24, 2.45) is 5.41 Å². The fourth-order valence-electron chi connectivity index (χ4n) is 1.92. The summed E-state index contributed by atoms with van der Waals surface area (Å²) in [6.07, 6.45) is 1.38. The zero-order chi connectivity index (χ0) is 7.19. The normalized spacial score (nSPS) is 43.8. The summed E-state index contributed by atoms with van der Waals surface area (Å²) in [5.41, 5.74) is 0.465. The van der Waals surface area contributed by atoms with E-state index in [1.54, 1.807) is 0 Å². The summed E-state index contributed by atoms with van der Waals surface area (Å²) in [5, 5.41) is 7.04. The molecule has 2 N–H and O–H groups in total. The Bertz CT molecular complexity index is 136. The summed E-state index contributed by atoms with van der Waals surface area (Å²) in [4.78, 5) is 0. The molecule has 3 fully saturated rings. The lowest BCUT2D eigenvalue weighted by atomic mass is 9.78. The van der Waals surface area contributed by atoms with E-state index in [0.717, 1.165) is 12.1 Å². The summed E-state index contributed by atoms with van der Waals surface area (Å²) in [6.45, 7) is 7.00. The van der Waals surface area contributed by atoms with Crippen LogP contribution in [0, 0.1) is 5.41 Å². The van der Waals surface area contributed by atoms with Crippen molar-refractivity contribution in [2.45, 2.75) is 32.4 Å². The lowest BCUT2D eigenvalue weighted by Gasteiger charge is -2.42. The van der Waals surface area contributed by atoms with Gasteiger partial charge in [-0.05, 0) is 11.8 Å². The second-order valence-corrected chi connectivity index (χ2v) is 4.27. The fraction of sp³-hybridized carbons (Fsp3) is 1.00. The molecule has 0 aromatic rings. The molecular weight excluding hydrogens is 124 g/mol. The highest BCUT2D eigenvalue weighted by Gasteiger charge is 2.41. The van der Waals surface area contributed by atoms with E-state index in [1.807, 2.05) is 0 Å². The molecule has 10 heavy (non-hydrogen) atoms. The second-order valence-electron chi connectivity index (χ2n) is 4.27. The maximum atomic E-state index is 3.57. The Balaban J connectivity index is 2.09. The molecule has 58 valence electrons. The standard InChI is InChI=1S/C8H16N2/c1-8(2)5-9-4-6-3-7(8)10-6/h6-7,9-10H,3-5H2,1-2H3. The highest BCUT2D eigenvalue weighted by atomic mass is 15.1. The first-order chi connectivity index (χ1) is 4.68. The molecule has 0 radical (unpaired) electrons. The molecule has 0 aromatic carbocycles. The highest BCUT2D eigenvalue weighted by molar-refractivity contribution is 5.01. The summed E-state index contributed by atoms with van der Waals surface area (Å²) < 4.78 is 0. The monoisotopic (exact) mass is 140 g/mol. The first-order valence-electron chi connectivity index (χ1n) is 4.15. The number of hydrogen-bond donors (Lipinski definition) is 2. The second kappa shape index (κ2) is 1.95. The molecular formula is C8H16N2. The quantitative estimate of drug-likeness (QED) is 0.507. The molecule has 0 amide bonds. The van der Waals surface area contributed by atoms with Crippen LogP contribution < -0.4 is 10.6 Å². The van der Waals surface area contributed by atoms with Crippen molar-refractivity contribution in [1.29, 1.82) is 0 Å². The molecule has 0 aliphatic carbocycles. The van der Waals surface area contributed by atoms with E-state index in [1.165, 1.54) is 19.5 Å². The van der Waals surface area contributed by atoms with Crippen LogP contribution in [0.2, 0.25) is 0 Å². The van der Waals surface area contributed by atoms with E-state index < -0.39 is 0 Å². The van der Waals surface area contributed by atoms with Crippen LogP contribution in [0.1, 0.15) is 20.3 Å². The minimum atomic E-state index is 0.465. The molecule has 2 unspecified atom stereocenters. The van der Waals surface area contributed by atoms with Crippen LogP contribution in [0.5, 0.6) is 0 Å². The molecule has 0 spiro atoms. The Morgan fingerprint density at radius 3 is 2.80 bits per heavy atom. The first kappa shape index (κ1) is 6.62. The summed E-state index contributed by atoms with van der Waals surface area (Å²) in [5.74, 6) is 0. The van der Waals surface area contributed by atoms with E-state index >= 15 is 0 Å². The Hall–Kier alpha value is -0.0800. The van der Waals surface area contributed by atoms with Gasteiger partial charge < -0.3 is 10.6 Å². The van der Waals surface area contributed by atoms with E-state index in [4.69, 9.17) is 0 Å². The lowest BCUT2D eigenvalue weighted by molar-refractivity contribution is 0.160. The van der Waals surface area contributed by atoms with Crippen LogP contribution in [0.4, 0.5) is 0 Å². The van der Waals surface area contributed by atoms with E-state index in [2.05, 4.69) is 24.5 Å². The predicted molar refractivity (Wildman–Crippen MR) is 42.0 cm³/mol. The third kappa shape index (κ3) is 0.867. The fourth-order valence-corrected chi connectivity index (χ4v) is 1.92. The molecule has 0 aromatic heterocycles. The molecule has 3 aliphatic rings. The van der Waals surface area contributed by atoms with Crippen LogP contribution in [-0.2, 0) is 0 Å². The molecule has 3 rings (SSSR count). The summed E-state index contributed by atoms with van der Waals surface area (Å²) in [7, 11) is 0. The van der Waals surface area contributed by atoms with Gasteiger partial charge in [-0.1, -0.05) is 13.8 Å². The molecule has 2 bridgehead atoms. The molecule has 3 heterocycles. The largest absolute Gasteiger partial charge is 0.315 e. The molecule has 3 saturated heterocycles. The SMILES string of the molecule is CC1(C)CNCC2CC1N2. The Morgan fingerprint density at radius 2 is 2.10 bits per heavy atom. The average Bonchev–Trinajstić information content (AvgIpc) is 1.90. The molecule has 2 heteroatoms. The number of hydrogen-bond acceptors (Lipinski definition) is 2. The Labute approximate surface area is 62.4 Å².